The summed E-state index contributed by atoms with van der Waals surface area (Å²) < 4.78 is 40.2. The van der Waals surface area contributed by atoms with Gasteiger partial charge < -0.3 is 19.7 Å². The summed E-state index contributed by atoms with van der Waals surface area (Å²) in [5.41, 5.74) is 0.966. The molecule has 0 saturated heterocycles. The topological polar surface area (TPSA) is 105 Å². The molecule has 1 unspecified atom stereocenters. The molecule has 0 heterocycles. The van der Waals surface area contributed by atoms with Gasteiger partial charge in [0.1, 0.15) is 24.1 Å². The molecule has 220 valence electrons. The molecule has 0 aliphatic rings. The van der Waals surface area contributed by atoms with Crippen LogP contribution >= 0.6 is 0 Å². The van der Waals surface area contributed by atoms with Gasteiger partial charge in [0.05, 0.1) is 24.3 Å². The van der Waals surface area contributed by atoms with E-state index < -0.39 is 28.5 Å². The molecular weight excluding hydrogens is 542 g/mol. The molecule has 1 N–H and O–H groups in total. The molecule has 3 aromatic carbocycles. The fraction of sp³-hybridized carbons (Fsp3) is 0.355. The van der Waals surface area contributed by atoms with E-state index in [1.165, 1.54) is 17.0 Å². The smallest absolute Gasteiger partial charge is 0.264 e. The van der Waals surface area contributed by atoms with Gasteiger partial charge in [-0.2, -0.15) is 0 Å². The third kappa shape index (κ3) is 8.00. The van der Waals surface area contributed by atoms with Crippen molar-refractivity contribution in [2.24, 2.45) is 0 Å². The number of carbonyl (C=O) groups is 2. The number of methoxy groups -OCH3 is 1. The number of carbonyl (C=O) groups excluding carboxylic acids is 2. The van der Waals surface area contributed by atoms with Crippen molar-refractivity contribution in [1.29, 1.82) is 0 Å². The van der Waals surface area contributed by atoms with Crippen molar-refractivity contribution in [1.82, 2.24) is 10.2 Å². The minimum atomic E-state index is -4.19. The number of hydrogen-bond acceptors (Lipinski definition) is 6. The average molecular weight is 582 g/mol. The molecule has 3 rings (SSSR count). The molecular formula is C31H39N3O6S. The van der Waals surface area contributed by atoms with E-state index in [1.54, 1.807) is 74.7 Å². The zero-order chi connectivity index (χ0) is 30.0. The normalized spacial score (nSPS) is 12.0. The Morgan fingerprint density at radius 1 is 0.927 bits per heavy atom. The van der Waals surface area contributed by atoms with Crippen LogP contribution in [0.1, 0.15) is 39.7 Å². The van der Waals surface area contributed by atoms with E-state index in [9.17, 15) is 18.0 Å². The number of hydrogen-bond donors (Lipinski definition) is 1. The molecule has 41 heavy (non-hydrogen) atoms. The van der Waals surface area contributed by atoms with Crippen LogP contribution in [-0.4, -0.2) is 57.5 Å². The first kappa shape index (κ1) is 31.5. The summed E-state index contributed by atoms with van der Waals surface area (Å²) in [6, 6.07) is 20.9. The van der Waals surface area contributed by atoms with Crippen molar-refractivity contribution in [3.63, 3.8) is 0 Å². The van der Waals surface area contributed by atoms with Crippen molar-refractivity contribution in [3.05, 3.63) is 84.4 Å². The van der Waals surface area contributed by atoms with Gasteiger partial charge in [-0.05, 0) is 69.2 Å². The molecule has 10 heteroatoms. The Morgan fingerprint density at radius 3 is 2.24 bits per heavy atom. The number of sulfonamides is 1. The Labute approximate surface area is 243 Å². The lowest BCUT2D eigenvalue weighted by molar-refractivity contribution is -0.140. The minimum Gasteiger partial charge on any atom is -0.497 e. The maximum absolute atomic E-state index is 14.2. The van der Waals surface area contributed by atoms with Crippen molar-refractivity contribution in [2.75, 3.05) is 24.6 Å². The maximum Gasteiger partial charge on any atom is 0.264 e. The van der Waals surface area contributed by atoms with Crippen LogP contribution in [0.3, 0.4) is 0 Å². The van der Waals surface area contributed by atoms with Crippen molar-refractivity contribution in [2.45, 2.75) is 57.6 Å². The van der Waals surface area contributed by atoms with Crippen LogP contribution in [0, 0.1) is 0 Å². The maximum atomic E-state index is 14.2. The van der Waals surface area contributed by atoms with Crippen LogP contribution in [0.15, 0.2) is 83.8 Å². The highest BCUT2D eigenvalue weighted by molar-refractivity contribution is 7.92. The molecule has 0 radical (unpaired) electrons. The van der Waals surface area contributed by atoms with E-state index in [-0.39, 0.29) is 29.1 Å². The highest BCUT2D eigenvalue weighted by atomic mass is 32.2. The zero-order valence-corrected chi connectivity index (χ0v) is 25.1. The van der Waals surface area contributed by atoms with E-state index in [4.69, 9.17) is 9.47 Å². The Balaban J connectivity index is 2.11. The second-order valence-corrected chi connectivity index (χ2v) is 11.5. The van der Waals surface area contributed by atoms with Gasteiger partial charge in [0.15, 0.2) is 0 Å². The number of nitrogens with one attached hydrogen (secondary N) is 1. The molecule has 0 bridgehead atoms. The summed E-state index contributed by atoms with van der Waals surface area (Å²) in [4.78, 5) is 28.9. The fourth-order valence-corrected chi connectivity index (χ4v) is 5.89. The van der Waals surface area contributed by atoms with Crippen molar-refractivity contribution in [3.8, 4) is 11.5 Å². The quantitative estimate of drug-likeness (QED) is 0.298. The number of rotatable bonds is 14. The second kappa shape index (κ2) is 14.5. The number of anilines is 1. The van der Waals surface area contributed by atoms with Crippen LogP contribution in [0.25, 0.3) is 0 Å². The Hall–Kier alpha value is -4.05. The summed E-state index contributed by atoms with van der Waals surface area (Å²) in [5.74, 6) is 0.0788. The Bertz CT molecular complexity index is 1410. The standard InChI is InChI=1S/C31H39N3O6S/c1-6-27(31(36)32-23(3)4)33(21-24-14-13-15-25(20-24)39-5)30(35)22-34(28-18-11-12-19-29(28)40-7-2)41(37,38)26-16-9-8-10-17-26/h8-20,23,27H,6-7,21-22H2,1-5H3,(H,32,36). The Morgan fingerprint density at radius 2 is 1.61 bits per heavy atom. The van der Waals surface area contributed by atoms with E-state index in [2.05, 4.69) is 5.32 Å². The molecule has 0 aliphatic heterocycles. The van der Waals surface area contributed by atoms with Crippen LogP contribution in [0.2, 0.25) is 0 Å². The van der Waals surface area contributed by atoms with E-state index in [1.807, 2.05) is 26.8 Å². The van der Waals surface area contributed by atoms with Crippen LogP contribution in [0.4, 0.5) is 5.69 Å². The summed E-state index contributed by atoms with van der Waals surface area (Å²) in [5, 5.41) is 2.90. The average Bonchev–Trinajstić information content (AvgIpc) is 2.96. The monoisotopic (exact) mass is 581 g/mol. The largest absolute Gasteiger partial charge is 0.497 e. The lowest BCUT2D eigenvalue weighted by Crippen LogP contribution is -2.53. The lowest BCUT2D eigenvalue weighted by atomic mass is 10.1. The third-order valence-corrected chi connectivity index (χ3v) is 8.12. The molecule has 1 atom stereocenters. The van der Waals surface area contributed by atoms with Crippen molar-refractivity contribution < 1.29 is 27.5 Å². The molecule has 3 aromatic rings. The van der Waals surface area contributed by atoms with Gasteiger partial charge in [-0.1, -0.05) is 49.4 Å². The summed E-state index contributed by atoms with van der Waals surface area (Å²) >= 11 is 0. The number of nitrogens with zero attached hydrogens (tertiary/aromatic N) is 2. The molecule has 9 nitrogen and oxygen atoms in total. The van der Waals surface area contributed by atoms with Gasteiger partial charge in [0.2, 0.25) is 11.8 Å². The van der Waals surface area contributed by atoms with E-state index >= 15 is 0 Å². The number of ether oxygens (including phenoxy) is 2. The Kier molecular flexibility index (Phi) is 11.2. The summed E-state index contributed by atoms with van der Waals surface area (Å²) in [6.07, 6.45) is 0.329. The van der Waals surface area contributed by atoms with Gasteiger partial charge in [-0.15, -0.1) is 0 Å². The molecule has 2 amide bonds. The summed E-state index contributed by atoms with van der Waals surface area (Å²) in [6.45, 7) is 7.14. The van der Waals surface area contributed by atoms with E-state index in [0.717, 1.165) is 9.87 Å². The SMILES string of the molecule is CCOc1ccccc1N(CC(=O)N(Cc1cccc(OC)c1)C(CC)C(=O)NC(C)C)S(=O)(=O)c1ccccc1. The predicted molar refractivity (Wildman–Crippen MR) is 159 cm³/mol. The zero-order valence-electron chi connectivity index (χ0n) is 24.2. The molecule has 0 saturated carbocycles. The fourth-order valence-electron chi connectivity index (χ4n) is 4.44. The molecule has 0 spiro atoms. The van der Waals surface area contributed by atoms with Crippen molar-refractivity contribution >= 4 is 27.5 Å². The van der Waals surface area contributed by atoms with Crippen LogP contribution in [-0.2, 0) is 26.2 Å². The highest BCUT2D eigenvalue weighted by Gasteiger charge is 2.34. The van der Waals surface area contributed by atoms with Crippen LogP contribution in [0.5, 0.6) is 11.5 Å². The first-order valence-corrected chi connectivity index (χ1v) is 15.1. The van der Waals surface area contributed by atoms with E-state index in [0.29, 0.717) is 24.5 Å². The van der Waals surface area contributed by atoms with Gasteiger partial charge in [0.25, 0.3) is 10.0 Å². The highest BCUT2D eigenvalue weighted by Crippen LogP contribution is 2.33. The molecule has 0 fully saturated rings. The number of benzene rings is 3. The first-order valence-electron chi connectivity index (χ1n) is 13.6. The minimum absolute atomic E-state index is 0.0306. The molecule has 0 aromatic heterocycles. The second-order valence-electron chi connectivity index (χ2n) is 9.69. The van der Waals surface area contributed by atoms with Gasteiger partial charge >= 0.3 is 0 Å². The van der Waals surface area contributed by atoms with Gasteiger partial charge in [-0.25, -0.2) is 8.42 Å². The predicted octanol–water partition coefficient (Wildman–Crippen LogP) is 4.62. The third-order valence-electron chi connectivity index (χ3n) is 6.35. The lowest BCUT2D eigenvalue weighted by Gasteiger charge is -2.34. The van der Waals surface area contributed by atoms with Crippen LogP contribution < -0.4 is 19.1 Å². The number of para-hydroxylation sites is 2. The molecule has 0 aliphatic carbocycles. The summed E-state index contributed by atoms with van der Waals surface area (Å²) in [7, 11) is -2.64. The number of amides is 2. The van der Waals surface area contributed by atoms with Gasteiger partial charge in [0, 0.05) is 12.6 Å². The van der Waals surface area contributed by atoms with Gasteiger partial charge in [-0.3, -0.25) is 13.9 Å². The first-order chi connectivity index (χ1) is 19.6.